The maximum absolute atomic E-state index is 12.2. The zero-order valence-corrected chi connectivity index (χ0v) is 16.5. The van der Waals surface area contributed by atoms with E-state index in [1.54, 1.807) is 11.8 Å². The van der Waals surface area contributed by atoms with Gasteiger partial charge in [0.2, 0.25) is 0 Å². The summed E-state index contributed by atoms with van der Waals surface area (Å²) in [6, 6.07) is 14.0. The highest BCUT2D eigenvalue weighted by Crippen LogP contribution is 2.35. The Labute approximate surface area is 163 Å². The molecule has 1 N–H and O–H groups in total. The summed E-state index contributed by atoms with van der Waals surface area (Å²) < 4.78 is 5.21. The van der Waals surface area contributed by atoms with Crippen LogP contribution in [0.1, 0.15) is 36.0 Å². The van der Waals surface area contributed by atoms with E-state index in [1.807, 2.05) is 37.4 Å². The molecule has 26 heavy (non-hydrogen) atoms. The Kier molecular flexibility index (Phi) is 6.28. The fraction of sp³-hybridized carbons (Fsp3) is 0.286. The minimum atomic E-state index is -0.193. The summed E-state index contributed by atoms with van der Waals surface area (Å²) in [4.78, 5) is 15.6. The van der Waals surface area contributed by atoms with Crippen molar-refractivity contribution in [2.45, 2.75) is 25.0 Å². The lowest BCUT2D eigenvalue weighted by atomic mass is 9.88. The summed E-state index contributed by atoms with van der Waals surface area (Å²) >= 11 is 7.84. The van der Waals surface area contributed by atoms with Gasteiger partial charge in [0.25, 0.3) is 0 Å². The van der Waals surface area contributed by atoms with E-state index >= 15 is 0 Å². The molecule has 3 nitrogen and oxygen atoms in total. The summed E-state index contributed by atoms with van der Waals surface area (Å²) in [6.07, 6.45) is 4.42. The molecule has 136 valence electrons. The molecule has 2 aromatic carbocycles. The van der Waals surface area contributed by atoms with Gasteiger partial charge in [0, 0.05) is 33.8 Å². The van der Waals surface area contributed by atoms with Crippen LogP contribution in [0.25, 0.3) is 10.9 Å². The molecular weight excluding hydrogens is 366 g/mol. The van der Waals surface area contributed by atoms with E-state index in [1.165, 1.54) is 5.56 Å². The van der Waals surface area contributed by atoms with Crippen molar-refractivity contribution in [3.63, 3.8) is 0 Å². The molecule has 3 rings (SSSR count). The van der Waals surface area contributed by atoms with Gasteiger partial charge in [-0.1, -0.05) is 41.9 Å². The first kappa shape index (κ1) is 18.9. The number of hydrogen-bond acceptors (Lipinski definition) is 3. The van der Waals surface area contributed by atoms with Gasteiger partial charge < -0.3 is 9.72 Å². The molecule has 1 aromatic heterocycles. The first-order chi connectivity index (χ1) is 12.6. The van der Waals surface area contributed by atoms with Gasteiger partial charge in [0.15, 0.2) is 0 Å². The Morgan fingerprint density at radius 3 is 2.69 bits per heavy atom. The molecule has 0 saturated carbocycles. The first-order valence-electron chi connectivity index (χ1n) is 8.63. The quantitative estimate of drug-likeness (QED) is 0.523. The van der Waals surface area contributed by atoms with Gasteiger partial charge >= 0.3 is 5.97 Å². The molecule has 0 radical (unpaired) electrons. The smallest absolute Gasteiger partial charge is 0.306 e. The third-order valence-electron chi connectivity index (χ3n) is 4.46. The maximum Gasteiger partial charge on any atom is 0.306 e. The lowest BCUT2D eigenvalue weighted by molar-refractivity contribution is -0.143. The highest BCUT2D eigenvalue weighted by atomic mass is 35.5. The fourth-order valence-corrected chi connectivity index (χ4v) is 3.97. The number of esters is 1. The Morgan fingerprint density at radius 1 is 1.23 bits per heavy atom. The number of benzene rings is 2. The van der Waals surface area contributed by atoms with Crippen molar-refractivity contribution in [2.75, 3.05) is 12.9 Å². The van der Waals surface area contributed by atoms with Gasteiger partial charge in [-0.25, -0.2) is 0 Å². The molecule has 1 atom stereocenters. The Balaban J connectivity index is 2.06. The van der Waals surface area contributed by atoms with Crippen molar-refractivity contribution < 1.29 is 9.53 Å². The second-order valence-electron chi connectivity index (χ2n) is 6.13. The standard InChI is InChI=1S/C21H22ClNO2S/c1-3-25-20(24)11-18(14-7-9-16(22)10-8-14)19-12-23-21-15(13-26-2)5-4-6-17(19)21/h4-10,12,18,23H,3,11,13H2,1-2H3. The topological polar surface area (TPSA) is 42.1 Å². The molecule has 0 amide bonds. The molecule has 1 heterocycles. The summed E-state index contributed by atoms with van der Waals surface area (Å²) in [5, 5.41) is 1.84. The molecule has 1 unspecified atom stereocenters. The summed E-state index contributed by atoms with van der Waals surface area (Å²) in [5.41, 5.74) is 4.57. The van der Waals surface area contributed by atoms with Crippen LogP contribution in [0.4, 0.5) is 0 Å². The van der Waals surface area contributed by atoms with E-state index in [-0.39, 0.29) is 11.9 Å². The van der Waals surface area contributed by atoms with E-state index in [4.69, 9.17) is 16.3 Å². The number of thioether (sulfide) groups is 1. The molecule has 0 spiro atoms. The number of fused-ring (bicyclic) bond motifs is 1. The Morgan fingerprint density at radius 2 is 2.00 bits per heavy atom. The second-order valence-corrected chi connectivity index (χ2v) is 7.43. The van der Waals surface area contributed by atoms with Gasteiger partial charge in [-0.3, -0.25) is 4.79 Å². The number of rotatable bonds is 7. The van der Waals surface area contributed by atoms with Crippen LogP contribution in [0.3, 0.4) is 0 Å². The predicted octanol–water partition coefficient (Wildman–Crippen LogP) is 5.77. The molecule has 3 aromatic rings. The van der Waals surface area contributed by atoms with E-state index in [9.17, 15) is 4.79 Å². The summed E-state index contributed by atoms with van der Waals surface area (Å²) in [7, 11) is 0. The van der Waals surface area contributed by atoms with E-state index in [0.29, 0.717) is 18.1 Å². The third kappa shape index (κ3) is 4.08. The molecule has 0 fully saturated rings. The molecule has 0 aliphatic heterocycles. The second kappa shape index (κ2) is 8.65. The van der Waals surface area contributed by atoms with Crippen LogP contribution in [0.5, 0.6) is 0 Å². The van der Waals surface area contributed by atoms with Crippen molar-refractivity contribution in [1.82, 2.24) is 4.98 Å². The van der Waals surface area contributed by atoms with Crippen molar-refractivity contribution in [3.05, 3.63) is 70.4 Å². The lowest BCUT2D eigenvalue weighted by Gasteiger charge is -2.17. The van der Waals surface area contributed by atoms with E-state index < -0.39 is 0 Å². The molecule has 0 bridgehead atoms. The molecular formula is C21H22ClNO2S. The monoisotopic (exact) mass is 387 g/mol. The van der Waals surface area contributed by atoms with E-state index in [0.717, 1.165) is 27.8 Å². The van der Waals surface area contributed by atoms with Crippen LogP contribution in [0, 0.1) is 0 Å². The Bertz CT molecular complexity index is 889. The predicted molar refractivity (Wildman–Crippen MR) is 110 cm³/mol. The number of H-pyrrole nitrogens is 1. The number of ether oxygens (including phenoxy) is 1. The largest absolute Gasteiger partial charge is 0.466 e. The fourth-order valence-electron chi connectivity index (χ4n) is 3.29. The minimum Gasteiger partial charge on any atom is -0.466 e. The number of para-hydroxylation sites is 1. The number of halogens is 1. The molecule has 0 saturated heterocycles. The maximum atomic E-state index is 12.2. The van der Waals surface area contributed by atoms with Crippen LogP contribution >= 0.6 is 23.4 Å². The highest BCUT2D eigenvalue weighted by molar-refractivity contribution is 7.97. The third-order valence-corrected chi connectivity index (χ3v) is 5.31. The first-order valence-corrected chi connectivity index (χ1v) is 10.4. The molecule has 5 heteroatoms. The Hall–Kier alpha value is -1.91. The zero-order chi connectivity index (χ0) is 18.5. The number of aromatic amines is 1. The number of aromatic nitrogens is 1. The van der Waals surface area contributed by atoms with Crippen LogP contribution < -0.4 is 0 Å². The number of hydrogen-bond donors (Lipinski definition) is 1. The van der Waals surface area contributed by atoms with Crippen molar-refractivity contribution in [1.29, 1.82) is 0 Å². The SMILES string of the molecule is CCOC(=O)CC(c1ccc(Cl)cc1)c1c[nH]c2c(CSC)cccc12. The number of carbonyl (C=O) groups excluding carboxylic acids is 1. The van der Waals surface area contributed by atoms with Crippen LogP contribution in [-0.4, -0.2) is 23.8 Å². The summed E-state index contributed by atoms with van der Waals surface area (Å²) in [5.74, 6) is 0.674. The normalized spacial score (nSPS) is 12.3. The highest BCUT2D eigenvalue weighted by Gasteiger charge is 2.22. The van der Waals surface area contributed by atoms with Crippen LogP contribution in [-0.2, 0) is 15.3 Å². The van der Waals surface area contributed by atoms with Crippen molar-refractivity contribution in [2.24, 2.45) is 0 Å². The number of carbonyl (C=O) groups is 1. The number of nitrogens with one attached hydrogen (secondary N) is 1. The zero-order valence-electron chi connectivity index (χ0n) is 14.9. The van der Waals surface area contributed by atoms with Crippen LogP contribution in [0.15, 0.2) is 48.7 Å². The lowest BCUT2D eigenvalue weighted by Crippen LogP contribution is -2.11. The van der Waals surface area contributed by atoms with Crippen LogP contribution in [0.2, 0.25) is 5.02 Å². The van der Waals surface area contributed by atoms with Gasteiger partial charge in [-0.2, -0.15) is 11.8 Å². The molecule has 0 aliphatic rings. The van der Waals surface area contributed by atoms with Crippen molar-refractivity contribution in [3.8, 4) is 0 Å². The van der Waals surface area contributed by atoms with Gasteiger partial charge in [-0.15, -0.1) is 0 Å². The van der Waals surface area contributed by atoms with Crippen molar-refractivity contribution >= 4 is 40.2 Å². The van der Waals surface area contributed by atoms with Gasteiger partial charge in [0.05, 0.1) is 13.0 Å². The summed E-state index contributed by atoms with van der Waals surface area (Å²) in [6.45, 7) is 2.22. The average molecular weight is 388 g/mol. The van der Waals surface area contributed by atoms with E-state index in [2.05, 4.69) is 29.4 Å². The van der Waals surface area contributed by atoms with Gasteiger partial charge in [0.1, 0.15) is 0 Å². The molecule has 0 aliphatic carbocycles. The van der Waals surface area contributed by atoms with Gasteiger partial charge in [-0.05, 0) is 42.0 Å². The average Bonchev–Trinajstić information content (AvgIpc) is 3.06. The minimum absolute atomic E-state index is 0.0791.